The van der Waals surface area contributed by atoms with Crippen LogP contribution in [-0.4, -0.2) is 39.3 Å². The van der Waals surface area contributed by atoms with E-state index >= 15 is 0 Å². The lowest BCUT2D eigenvalue weighted by molar-refractivity contribution is -0.121. The van der Waals surface area contributed by atoms with Crippen LogP contribution in [0.25, 0.3) is 0 Å². The first kappa shape index (κ1) is 17.4. The minimum Gasteiger partial charge on any atom is -0.490 e. The molecule has 1 aromatic rings. The molecule has 5 nitrogen and oxygen atoms in total. The molecule has 0 aliphatic rings. The van der Waals surface area contributed by atoms with Crippen LogP contribution < -0.4 is 15.4 Å². The molecular formula is C15H23FN2O3. The van der Waals surface area contributed by atoms with Gasteiger partial charge in [-0.2, -0.15) is 0 Å². The molecule has 0 atom stereocenters. The van der Waals surface area contributed by atoms with Crippen LogP contribution in [0.2, 0.25) is 0 Å². The van der Waals surface area contributed by atoms with Crippen molar-refractivity contribution in [2.24, 2.45) is 0 Å². The third-order valence-corrected chi connectivity index (χ3v) is 2.77. The van der Waals surface area contributed by atoms with Gasteiger partial charge >= 0.3 is 0 Å². The van der Waals surface area contributed by atoms with Crippen molar-refractivity contribution in [3.8, 4) is 5.75 Å². The first-order chi connectivity index (χ1) is 10.2. The largest absolute Gasteiger partial charge is 0.490 e. The molecule has 0 radical (unpaired) electrons. The second kappa shape index (κ2) is 10.1. The molecule has 1 amide bonds. The van der Waals surface area contributed by atoms with Crippen molar-refractivity contribution < 1.29 is 18.7 Å². The average Bonchev–Trinajstić information content (AvgIpc) is 2.46. The molecule has 0 saturated carbocycles. The number of carbonyl (C=O) groups excluding carboxylic acids is 1. The van der Waals surface area contributed by atoms with Crippen molar-refractivity contribution in [3.63, 3.8) is 0 Å². The monoisotopic (exact) mass is 298 g/mol. The maximum atomic E-state index is 13.8. The zero-order valence-electron chi connectivity index (χ0n) is 12.6. The van der Waals surface area contributed by atoms with Crippen LogP contribution in [0.4, 0.5) is 4.39 Å². The van der Waals surface area contributed by atoms with Crippen LogP contribution >= 0.6 is 0 Å². The van der Waals surface area contributed by atoms with E-state index in [1.54, 1.807) is 19.2 Å². The van der Waals surface area contributed by atoms with Gasteiger partial charge in [0.15, 0.2) is 11.6 Å². The highest BCUT2D eigenvalue weighted by Crippen LogP contribution is 2.18. The second-order valence-corrected chi connectivity index (χ2v) is 4.49. The number of hydrogen-bond acceptors (Lipinski definition) is 4. The number of rotatable bonds is 10. The van der Waals surface area contributed by atoms with Crippen molar-refractivity contribution in [1.82, 2.24) is 10.6 Å². The molecule has 1 rings (SSSR count). The maximum Gasteiger partial charge on any atom is 0.223 e. The molecule has 0 aromatic heterocycles. The zero-order chi connectivity index (χ0) is 15.5. The number of amides is 1. The summed E-state index contributed by atoms with van der Waals surface area (Å²) in [5.74, 6) is -0.353. The van der Waals surface area contributed by atoms with E-state index in [0.717, 1.165) is 5.56 Å². The fourth-order valence-electron chi connectivity index (χ4n) is 1.72. The minimum absolute atomic E-state index is 0.100. The lowest BCUT2D eigenvalue weighted by atomic mass is 10.2. The predicted octanol–water partition coefficient (Wildman–Crippen LogP) is 1.47. The summed E-state index contributed by atoms with van der Waals surface area (Å²) in [6, 6.07) is 4.81. The summed E-state index contributed by atoms with van der Waals surface area (Å²) in [4.78, 5) is 11.2. The smallest absolute Gasteiger partial charge is 0.223 e. The van der Waals surface area contributed by atoms with E-state index in [1.807, 2.05) is 6.92 Å². The van der Waals surface area contributed by atoms with Crippen molar-refractivity contribution in [2.45, 2.75) is 19.9 Å². The topological polar surface area (TPSA) is 59.6 Å². The molecule has 0 spiro atoms. The van der Waals surface area contributed by atoms with Crippen molar-refractivity contribution in [2.75, 3.05) is 33.4 Å². The Bertz CT molecular complexity index is 441. The molecule has 0 aliphatic heterocycles. The molecule has 0 fully saturated rings. The first-order valence-corrected chi connectivity index (χ1v) is 7.05. The fourth-order valence-corrected chi connectivity index (χ4v) is 1.72. The van der Waals surface area contributed by atoms with Gasteiger partial charge in [-0.15, -0.1) is 0 Å². The molecule has 118 valence electrons. The molecule has 0 saturated heterocycles. The van der Waals surface area contributed by atoms with E-state index in [-0.39, 0.29) is 24.7 Å². The Morgan fingerprint density at radius 1 is 1.33 bits per heavy atom. The Labute approximate surface area is 124 Å². The number of benzene rings is 1. The van der Waals surface area contributed by atoms with Crippen LogP contribution in [0.5, 0.6) is 5.75 Å². The third kappa shape index (κ3) is 7.06. The number of methoxy groups -OCH3 is 1. The lowest BCUT2D eigenvalue weighted by Gasteiger charge is -2.09. The highest BCUT2D eigenvalue weighted by Gasteiger charge is 2.06. The Morgan fingerprint density at radius 3 is 2.81 bits per heavy atom. The van der Waals surface area contributed by atoms with Crippen LogP contribution in [0.3, 0.4) is 0 Å². The van der Waals surface area contributed by atoms with Gasteiger partial charge in [0, 0.05) is 26.7 Å². The second-order valence-electron chi connectivity index (χ2n) is 4.49. The molecule has 0 aliphatic carbocycles. The molecule has 21 heavy (non-hydrogen) atoms. The number of ether oxygens (including phenoxy) is 2. The summed E-state index contributed by atoms with van der Waals surface area (Å²) < 4.78 is 24.0. The van der Waals surface area contributed by atoms with Gasteiger partial charge in [-0.3, -0.25) is 4.79 Å². The molecule has 0 unspecified atom stereocenters. The highest BCUT2D eigenvalue weighted by atomic mass is 19.1. The number of nitrogens with one attached hydrogen (secondary N) is 2. The number of hydrogen-bond donors (Lipinski definition) is 2. The fraction of sp³-hybridized carbons (Fsp3) is 0.533. The average molecular weight is 298 g/mol. The summed E-state index contributed by atoms with van der Waals surface area (Å²) in [5.41, 5.74) is 0.833. The molecule has 1 aromatic carbocycles. The van der Waals surface area contributed by atoms with Gasteiger partial charge in [0.2, 0.25) is 5.91 Å². The predicted molar refractivity (Wildman–Crippen MR) is 78.8 cm³/mol. The summed E-state index contributed by atoms with van der Waals surface area (Å²) in [6.07, 6.45) is 0.216. The Kier molecular flexibility index (Phi) is 8.38. The van der Waals surface area contributed by atoms with Crippen LogP contribution in [0.15, 0.2) is 18.2 Å². The van der Waals surface area contributed by atoms with Crippen LogP contribution in [-0.2, 0) is 16.1 Å². The van der Waals surface area contributed by atoms with Crippen molar-refractivity contribution in [1.29, 1.82) is 0 Å². The zero-order valence-corrected chi connectivity index (χ0v) is 12.6. The Balaban J connectivity index is 2.37. The van der Waals surface area contributed by atoms with E-state index in [2.05, 4.69) is 10.6 Å². The summed E-state index contributed by atoms with van der Waals surface area (Å²) in [5, 5.41) is 5.79. The molecule has 0 heterocycles. The molecule has 6 heteroatoms. The van der Waals surface area contributed by atoms with Gasteiger partial charge in [-0.05, 0) is 24.6 Å². The van der Waals surface area contributed by atoms with Gasteiger partial charge in [0.05, 0.1) is 19.6 Å². The minimum atomic E-state index is -0.419. The van der Waals surface area contributed by atoms with E-state index in [4.69, 9.17) is 9.47 Å². The lowest BCUT2D eigenvalue weighted by Crippen LogP contribution is -2.24. The van der Waals surface area contributed by atoms with Gasteiger partial charge in [-0.1, -0.05) is 6.07 Å². The summed E-state index contributed by atoms with van der Waals surface area (Å²) in [6.45, 7) is 4.48. The summed E-state index contributed by atoms with van der Waals surface area (Å²) in [7, 11) is 1.63. The highest BCUT2D eigenvalue weighted by molar-refractivity contribution is 5.75. The van der Waals surface area contributed by atoms with E-state index in [9.17, 15) is 9.18 Å². The van der Waals surface area contributed by atoms with Crippen LogP contribution in [0.1, 0.15) is 18.9 Å². The Morgan fingerprint density at radius 2 is 2.14 bits per heavy atom. The SMILES string of the molecule is CCNC(=O)CCOc1ccc(CNCCOC)cc1F. The Hall–Kier alpha value is -1.66. The molecule has 2 N–H and O–H groups in total. The van der Waals surface area contributed by atoms with Gasteiger partial charge < -0.3 is 20.1 Å². The van der Waals surface area contributed by atoms with Crippen LogP contribution in [0, 0.1) is 5.82 Å². The van der Waals surface area contributed by atoms with E-state index in [1.165, 1.54) is 6.07 Å². The first-order valence-electron chi connectivity index (χ1n) is 7.05. The van der Waals surface area contributed by atoms with Gasteiger partial charge in [0.1, 0.15) is 0 Å². The van der Waals surface area contributed by atoms with E-state index < -0.39 is 5.82 Å². The number of carbonyl (C=O) groups is 1. The quantitative estimate of drug-likeness (QED) is 0.642. The number of halogens is 1. The molecular weight excluding hydrogens is 275 g/mol. The van der Waals surface area contributed by atoms with Crippen molar-refractivity contribution >= 4 is 5.91 Å². The normalized spacial score (nSPS) is 10.4. The standard InChI is InChI=1S/C15H23FN2O3/c1-3-18-15(19)6-8-21-14-5-4-12(10-13(14)16)11-17-7-9-20-2/h4-5,10,17H,3,6-9,11H2,1-2H3,(H,18,19). The van der Waals surface area contributed by atoms with E-state index in [0.29, 0.717) is 26.2 Å². The molecule has 0 bridgehead atoms. The van der Waals surface area contributed by atoms with Gasteiger partial charge in [0.25, 0.3) is 0 Å². The third-order valence-electron chi connectivity index (χ3n) is 2.77. The van der Waals surface area contributed by atoms with Gasteiger partial charge in [-0.25, -0.2) is 4.39 Å². The maximum absolute atomic E-state index is 13.8. The van der Waals surface area contributed by atoms with Crippen molar-refractivity contribution in [3.05, 3.63) is 29.6 Å². The summed E-state index contributed by atoms with van der Waals surface area (Å²) >= 11 is 0.